The molecular formula is C12H19NO3. The SMILES string of the molecule is CCC1=C[C@H]2[C@@H](C1)C[C@@]2(CNO)CC(=O)O. The van der Waals surface area contributed by atoms with Crippen LogP contribution in [-0.2, 0) is 4.79 Å². The van der Waals surface area contributed by atoms with Gasteiger partial charge in [-0.25, -0.2) is 5.48 Å². The summed E-state index contributed by atoms with van der Waals surface area (Å²) in [5.74, 6) is 0.188. The summed E-state index contributed by atoms with van der Waals surface area (Å²) in [6.07, 6.45) is 5.48. The smallest absolute Gasteiger partial charge is 0.303 e. The molecule has 16 heavy (non-hydrogen) atoms. The summed E-state index contributed by atoms with van der Waals surface area (Å²) < 4.78 is 0. The van der Waals surface area contributed by atoms with Crippen LogP contribution in [0.5, 0.6) is 0 Å². The van der Waals surface area contributed by atoms with Crippen molar-refractivity contribution in [3.8, 4) is 0 Å². The van der Waals surface area contributed by atoms with E-state index < -0.39 is 5.97 Å². The van der Waals surface area contributed by atoms with Crippen molar-refractivity contribution in [2.75, 3.05) is 6.54 Å². The van der Waals surface area contributed by atoms with Crippen LogP contribution >= 0.6 is 0 Å². The fraction of sp³-hybridized carbons (Fsp3) is 0.750. The Labute approximate surface area is 95.3 Å². The van der Waals surface area contributed by atoms with E-state index in [0.717, 1.165) is 19.3 Å². The third-order valence-corrected chi connectivity index (χ3v) is 4.21. The lowest BCUT2D eigenvalue weighted by Crippen LogP contribution is -2.52. The highest BCUT2D eigenvalue weighted by Gasteiger charge is 2.55. The summed E-state index contributed by atoms with van der Waals surface area (Å²) in [4.78, 5) is 10.9. The van der Waals surface area contributed by atoms with Crippen molar-refractivity contribution in [2.45, 2.75) is 32.6 Å². The lowest BCUT2D eigenvalue weighted by Gasteiger charge is -2.51. The van der Waals surface area contributed by atoms with Gasteiger partial charge in [0.15, 0.2) is 0 Å². The summed E-state index contributed by atoms with van der Waals surface area (Å²) in [7, 11) is 0. The molecule has 0 aromatic rings. The van der Waals surface area contributed by atoms with Crippen molar-refractivity contribution >= 4 is 5.97 Å². The van der Waals surface area contributed by atoms with Crippen molar-refractivity contribution in [1.82, 2.24) is 5.48 Å². The second-order valence-corrected chi connectivity index (χ2v) is 5.14. The van der Waals surface area contributed by atoms with Gasteiger partial charge in [0.2, 0.25) is 0 Å². The van der Waals surface area contributed by atoms with Crippen molar-refractivity contribution < 1.29 is 15.1 Å². The van der Waals surface area contributed by atoms with Gasteiger partial charge in [0.05, 0.1) is 6.42 Å². The summed E-state index contributed by atoms with van der Waals surface area (Å²) >= 11 is 0. The minimum atomic E-state index is -0.771. The largest absolute Gasteiger partial charge is 0.481 e. The van der Waals surface area contributed by atoms with Crippen LogP contribution in [0.25, 0.3) is 0 Å². The van der Waals surface area contributed by atoms with Gasteiger partial charge < -0.3 is 10.3 Å². The predicted octanol–water partition coefficient (Wildman–Crippen LogP) is 1.80. The van der Waals surface area contributed by atoms with Gasteiger partial charge >= 0.3 is 5.97 Å². The first-order valence-electron chi connectivity index (χ1n) is 5.89. The lowest BCUT2D eigenvalue weighted by atomic mass is 9.53. The number of rotatable bonds is 5. The monoisotopic (exact) mass is 225 g/mol. The highest BCUT2D eigenvalue weighted by atomic mass is 16.5. The molecule has 0 heterocycles. The van der Waals surface area contributed by atoms with Crippen LogP contribution in [0.1, 0.15) is 32.6 Å². The Morgan fingerprint density at radius 3 is 3.00 bits per heavy atom. The van der Waals surface area contributed by atoms with Crippen LogP contribution in [0.15, 0.2) is 11.6 Å². The van der Waals surface area contributed by atoms with Crippen LogP contribution in [0, 0.1) is 17.3 Å². The second kappa shape index (κ2) is 4.18. The molecule has 0 aliphatic heterocycles. The van der Waals surface area contributed by atoms with Crippen LogP contribution in [0.2, 0.25) is 0 Å². The first kappa shape index (κ1) is 11.6. The van der Waals surface area contributed by atoms with Gasteiger partial charge in [-0.3, -0.25) is 4.79 Å². The lowest BCUT2D eigenvalue weighted by molar-refractivity contribution is -0.145. The van der Waals surface area contributed by atoms with Crippen molar-refractivity contribution in [1.29, 1.82) is 0 Å². The van der Waals surface area contributed by atoms with Crippen molar-refractivity contribution in [3.63, 3.8) is 0 Å². The number of aliphatic carboxylic acids is 1. The number of hydroxylamine groups is 1. The Kier molecular flexibility index (Phi) is 3.04. The number of carboxylic acids is 1. The molecule has 3 atom stereocenters. The topological polar surface area (TPSA) is 69.6 Å². The average Bonchev–Trinajstić information content (AvgIpc) is 2.55. The first-order chi connectivity index (χ1) is 7.61. The average molecular weight is 225 g/mol. The molecule has 3 N–H and O–H groups in total. The minimum Gasteiger partial charge on any atom is -0.481 e. The Morgan fingerprint density at radius 2 is 2.44 bits per heavy atom. The van der Waals surface area contributed by atoms with E-state index in [9.17, 15) is 4.79 Å². The molecule has 0 saturated heterocycles. The Hall–Kier alpha value is -0.870. The Bertz CT molecular complexity index is 326. The normalized spacial score (nSPS) is 36.5. The molecule has 0 radical (unpaired) electrons. The van der Waals surface area contributed by atoms with Gasteiger partial charge in [-0.1, -0.05) is 18.6 Å². The molecule has 1 fully saturated rings. The Morgan fingerprint density at radius 1 is 1.69 bits per heavy atom. The van der Waals surface area contributed by atoms with Crippen molar-refractivity contribution in [3.05, 3.63) is 11.6 Å². The number of nitrogens with one attached hydrogen (secondary N) is 1. The highest BCUT2D eigenvalue weighted by molar-refractivity contribution is 5.68. The number of hydrogen-bond acceptors (Lipinski definition) is 3. The zero-order valence-corrected chi connectivity index (χ0v) is 9.57. The first-order valence-corrected chi connectivity index (χ1v) is 5.89. The molecule has 0 aromatic heterocycles. The molecule has 0 spiro atoms. The molecule has 2 aliphatic rings. The third kappa shape index (κ3) is 1.76. The zero-order chi connectivity index (χ0) is 11.8. The van der Waals surface area contributed by atoms with E-state index in [1.165, 1.54) is 5.57 Å². The number of hydrogen-bond donors (Lipinski definition) is 3. The summed E-state index contributed by atoms with van der Waals surface area (Å²) in [6.45, 7) is 2.52. The molecule has 0 aromatic carbocycles. The van der Waals surface area contributed by atoms with E-state index in [2.05, 4.69) is 18.5 Å². The number of carboxylic acid groups (broad SMARTS) is 1. The van der Waals surface area contributed by atoms with Crippen LogP contribution in [0.3, 0.4) is 0 Å². The van der Waals surface area contributed by atoms with Gasteiger partial charge in [-0.2, -0.15) is 0 Å². The fourth-order valence-corrected chi connectivity index (χ4v) is 3.46. The quantitative estimate of drug-likeness (QED) is 0.493. The molecule has 4 heteroatoms. The van der Waals surface area contributed by atoms with Crippen LogP contribution in [-0.4, -0.2) is 22.8 Å². The van der Waals surface area contributed by atoms with E-state index in [4.69, 9.17) is 10.3 Å². The van der Waals surface area contributed by atoms with Gasteiger partial charge in [0, 0.05) is 12.0 Å². The molecule has 1 saturated carbocycles. The van der Waals surface area contributed by atoms with Gasteiger partial charge in [0.1, 0.15) is 0 Å². The maximum absolute atomic E-state index is 10.9. The minimum absolute atomic E-state index is 0.148. The van der Waals surface area contributed by atoms with Crippen molar-refractivity contribution in [2.24, 2.45) is 17.3 Å². The van der Waals surface area contributed by atoms with Gasteiger partial charge in [0.25, 0.3) is 0 Å². The second-order valence-electron chi connectivity index (χ2n) is 5.14. The molecular weight excluding hydrogens is 206 g/mol. The molecule has 4 nitrogen and oxygen atoms in total. The molecule has 0 bridgehead atoms. The summed E-state index contributed by atoms with van der Waals surface area (Å²) in [5.41, 5.74) is 3.35. The number of fused-ring (bicyclic) bond motifs is 1. The molecule has 0 unspecified atom stereocenters. The van der Waals surface area contributed by atoms with Gasteiger partial charge in [-0.05, 0) is 31.1 Å². The Balaban J connectivity index is 2.11. The van der Waals surface area contributed by atoms with E-state index in [1.807, 2.05) is 0 Å². The number of carbonyl (C=O) groups is 1. The van der Waals surface area contributed by atoms with E-state index in [1.54, 1.807) is 0 Å². The molecule has 2 aliphatic carbocycles. The predicted molar refractivity (Wildman–Crippen MR) is 59.1 cm³/mol. The van der Waals surface area contributed by atoms with Gasteiger partial charge in [-0.15, -0.1) is 0 Å². The maximum atomic E-state index is 10.9. The maximum Gasteiger partial charge on any atom is 0.303 e. The summed E-state index contributed by atoms with van der Waals surface area (Å²) in [5, 5.41) is 17.8. The zero-order valence-electron chi connectivity index (χ0n) is 9.57. The fourth-order valence-electron chi connectivity index (χ4n) is 3.46. The van der Waals surface area contributed by atoms with E-state index in [-0.39, 0.29) is 11.8 Å². The third-order valence-electron chi connectivity index (χ3n) is 4.21. The standard InChI is InChI=1S/C12H19NO3/c1-2-8-3-9-5-12(7-13-16,6-11(14)15)10(9)4-8/h4,9-10,13,16H,2-3,5-7H2,1H3,(H,14,15)/t9-,10-,12-/m0/s1. The molecule has 90 valence electrons. The van der Waals surface area contributed by atoms with Crippen LogP contribution < -0.4 is 5.48 Å². The highest BCUT2D eigenvalue weighted by Crippen LogP contribution is 2.59. The van der Waals surface area contributed by atoms with Crippen LogP contribution in [0.4, 0.5) is 0 Å². The summed E-state index contributed by atoms with van der Waals surface area (Å²) in [6, 6.07) is 0. The molecule has 2 rings (SSSR count). The van der Waals surface area contributed by atoms with E-state index >= 15 is 0 Å². The molecule has 0 amide bonds. The number of allylic oxidation sites excluding steroid dienone is 2. The van der Waals surface area contributed by atoms with E-state index in [0.29, 0.717) is 18.4 Å².